The van der Waals surface area contributed by atoms with Gasteiger partial charge in [0.1, 0.15) is 6.61 Å². The largest absolute Gasteiger partial charge is 0.493 e. The van der Waals surface area contributed by atoms with E-state index in [4.69, 9.17) is 25.8 Å². The molecule has 0 radical (unpaired) electrons. The number of anilines is 1. The first-order valence-corrected chi connectivity index (χ1v) is 10.4. The molecule has 0 amide bonds. The maximum atomic E-state index is 12.9. The predicted octanol–water partition coefficient (Wildman–Crippen LogP) is 3.09. The first-order valence-electron chi connectivity index (χ1n) is 8.56. The molecule has 168 valence electrons. The zero-order chi connectivity index (χ0) is 23.3. The summed E-state index contributed by atoms with van der Waals surface area (Å²) in [6.07, 6.45) is 0. The average molecular weight is 475 g/mol. The van der Waals surface area contributed by atoms with Crippen molar-refractivity contribution in [2.75, 3.05) is 32.2 Å². The second-order valence-electron chi connectivity index (χ2n) is 6.11. The number of halogens is 1. The highest BCUT2D eigenvalue weighted by atomic mass is 35.5. The molecule has 2 N–H and O–H groups in total. The number of hydrogen-bond acceptors (Lipinski definition) is 8. The summed E-state index contributed by atoms with van der Waals surface area (Å²) >= 11 is 5.95. The van der Waals surface area contributed by atoms with Gasteiger partial charge in [-0.1, -0.05) is 11.6 Å². The van der Waals surface area contributed by atoms with Crippen LogP contribution in [-0.4, -0.2) is 51.9 Å². The van der Waals surface area contributed by atoms with Gasteiger partial charge in [0.2, 0.25) is 0 Å². The van der Waals surface area contributed by atoms with Gasteiger partial charge in [-0.05, 0) is 13.0 Å². The fourth-order valence-corrected chi connectivity index (χ4v) is 3.91. The van der Waals surface area contributed by atoms with Crippen LogP contribution in [0.3, 0.4) is 0 Å². The summed E-state index contributed by atoms with van der Waals surface area (Å²) in [6.45, 7) is 1.68. The lowest BCUT2D eigenvalue weighted by Gasteiger charge is -2.16. The Balaban J connectivity index is 2.56. The van der Waals surface area contributed by atoms with E-state index < -0.39 is 37.1 Å². The number of nitrogens with one attached hydrogen (secondary N) is 1. The minimum Gasteiger partial charge on any atom is -0.493 e. The quantitative estimate of drug-likeness (QED) is 0.300. The third-order valence-corrected chi connectivity index (χ3v) is 5.86. The van der Waals surface area contributed by atoms with E-state index >= 15 is 0 Å². The minimum absolute atomic E-state index is 0.0606. The highest BCUT2D eigenvalue weighted by Crippen LogP contribution is 2.36. The lowest BCUT2D eigenvalue weighted by Crippen LogP contribution is -2.17. The van der Waals surface area contributed by atoms with Gasteiger partial charge in [0.25, 0.3) is 15.7 Å². The van der Waals surface area contributed by atoms with E-state index in [1.165, 1.54) is 21.1 Å². The number of benzene rings is 2. The number of carbonyl (C=O) groups is 1. The summed E-state index contributed by atoms with van der Waals surface area (Å²) in [5, 5.41) is 20.6. The van der Waals surface area contributed by atoms with Crippen molar-refractivity contribution >= 4 is 39.0 Å². The molecule has 0 spiro atoms. The highest BCUT2D eigenvalue weighted by Gasteiger charge is 2.25. The van der Waals surface area contributed by atoms with Crippen LogP contribution in [0.25, 0.3) is 0 Å². The van der Waals surface area contributed by atoms with Crippen LogP contribution < -0.4 is 14.2 Å². The number of nitro groups is 1. The molecular weight excluding hydrogens is 456 g/mol. The number of ether oxygens (including phenoxy) is 3. The molecular formula is C18H19ClN2O9S. The monoisotopic (exact) mass is 474 g/mol. The molecule has 2 aromatic rings. The molecule has 13 heteroatoms. The maximum Gasteiger partial charge on any atom is 0.337 e. The van der Waals surface area contributed by atoms with E-state index in [-0.39, 0.29) is 41.0 Å². The summed E-state index contributed by atoms with van der Waals surface area (Å²) in [7, 11) is -1.70. The van der Waals surface area contributed by atoms with Gasteiger partial charge in [-0.25, -0.2) is 13.2 Å². The topological polar surface area (TPSA) is 154 Å². The zero-order valence-corrected chi connectivity index (χ0v) is 18.2. The van der Waals surface area contributed by atoms with Crippen LogP contribution in [0.15, 0.2) is 29.2 Å². The van der Waals surface area contributed by atoms with Crippen LogP contribution in [0.4, 0.5) is 11.4 Å². The van der Waals surface area contributed by atoms with E-state index in [0.29, 0.717) is 0 Å². The van der Waals surface area contributed by atoms with E-state index in [9.17, 15) is 28.4 Å². The van der Waals surface area contributed by atoms with Crippen molar-refractivity contribution in [2.45, 2.75) is 11.8 Å². The van der Waals surface area contributed by atoms with E-state index in [0.717, 1.165) is 24.3 Å². The number of nitrogens with zero attached hydrogens (tertiary/aromatic N) is 1. The minimum atomic E-state index is -4.45. The first-order chi connectivity index (χ1) is 14.5. The number of nitro benzene ring substituents is 1. The Morgan fingerprint density at radius 2 is 1.87 bits per heavy atom. The van der Waals surface area contributed by atoms with Crippen molar-refractivity contribution in [2.24, 2.45) is 0 Å². The van der Waals surface area contributed by atoms with Crippen molar-refractivity contribution in [1.29, 1.82) is 0 Å². The van der Waals surface area contributed by atoms with Crippen molar-refractivity contribution in [3.05, 3.63) is 50.5 Å². The number of hydrogen-bond donors (Lipinski definition) is 2. The zero-order valence-electron chi connectivity index (χ0n) is 16.7. The van der Waals surface area contributed by atoms with Gasteiger partial charge in [-0.15, -0.1) is 0 Å². The van der Waals surface area contributed by atoms with Gasteiger partial charge in [0, 0.05) is 30.9 Å². The van der Waals surface area contributed by atoms with Crippen LogP contribution in [0.5, 0.6) is 11.5 Å². The lowest BCUT2D eigenvalue weighted by molar-refractivity contribution is -0.385. The molecule has 0 bridgehead atoms. The second kappa shape index (κ2) is 9.81. The standard InChI is InChI=1S/C18H19ClN2O9S/c1-10-13(19)6-11(7-15(10)21(24)25)31(26,27)20-14-9-17(30-5-4-28-2)16(29-3)8-12(14)18(22)23/h6-9,20H,4-5H2,1-3H3,(H,22,23). The summed E-state index contributed by atoms with van der Waals surface area (Å²) < 4.78 is 43.3. The summed E-state index contributed by atoms with van der Waals surface area (Å²) in [5.74, 6) is -1.31. The molecule has 2 aromatic carbocycles. The molecule has 11 nitrogen and oxygen atoms in total. The number of rotatable bonds is 10. The predicted molar refractivity (Wildman–Crippen MR) is 111 cm³/mol. The van der Waals surface area contributed by atoms with Gasteiger partial charge < -0.3 is 19.3 Å². The van der Waals surface area contributed by atoms with Gasteiger partial charge in [-0.3, -0.25) is 14.8 Å². The number of sulfonamides is 1. The van der Waals surface area contributed by atoms with Crippen LogP contribution in [-0.2, 0) is 14.8 Å². The Labute approximate surface area is 182 Å². The Hall–Kier alpha value is -3.09. The van der Waals surface area contributed by atoms with Crippen LogP contribution >= 0.6 is 11.6 Å². The number of carboxylic acid groups (broad SMARTS) is 1. The molecule has 2 rings (SSSR count). The van der Waals surface area contributed by atoms with Crippen LogP contribution in [0.2, 0.25) is 5.02 Å². The molecule has 0 aliphatic heterocycles. The van der Waals surface area contributed by atoms with Crippen molar-refractivity contribution in [3.8, 4) is 11.5 Å². The number of methoxy groups -OCH3 is 2. The van der Waals surface area contributed by atoms with E-state index in [1.54, 1.807) is 0 Å². The van der Waals surface area contributed by atoms with E-state index in [2.05, 4.69) is 4.72 Å². The summed E-state index contributed by atoms with van der Waals surface area (Å²) in [6, 6.07) is 4.10. The summed E-state index contributed by atoms with van der Waals surface area (Å²) in [4.78, 5) is 21.6. The Bertz CT molecular complexity index is 1120. The molecule has 0 aliphatic rings. The Morgan fingerprint density at radius 3 is 2.42 bits per heavy atom. The molecule has 31 heavy (non-hydrogen) atoms. The molecule has 0 saturated heterocycles. The third-order valence-electron chi connectivity index (χ3n) is 4.12. The number of carboxylic acids is 1. The molecule has 0 aromatic heterocycles. The normalized spacial score (nSPS) is 11.1. The molecule has 0 atom stereocenters. The molecule has 0 aliphatic carbocycles. The second-order valence-corrected chi connectivity index (χ2v) is 8.20. The summed E-state index contributed by atoms with van der Waals surface area (Å²) in [5.41, 5.74) is -1.16. The number of aromatic carboxylic acids is 1. The van der Waals surface area contributed by atoms with Crippen molar-refractivity contribution in [3.63, 3.8) is 0 Å². The highest BCUT2D eigenvalue weighted by molar-refractivity contribution is 7.92. The average Bonchev–Trinajstić information content (AvgIpc) is 2.69. The van der Waals surface area contributed by atoms with E-state index in [1.807, 2.05) is 0 Å². The fourth-order valence-electron chi connectivity index (χ4n) is 2.52. The SMILES string of the molecule is COCCOc1cc(NS(=O)(=O)c2cc(Cl)c(C)c([N+](=O)[O-])c2)c(C(=O)O)cc1OC. The van der Waals surface area contributed by atoms with Gasteiger partial charge in [0.15, 0.2) is 11.5 Å². The molecule has 0 heterocycles. The molecule has 0 fully saturated rings. The molecule has 0 unspecified atom stereocenters. The van der Waals surface area contributed by atoms with Crippen LogP contribution in [0.1, 0.15) is 15.9 Å². The first kappa shape index (κ1) is 24.2. The lowest BCUT2D eigenvalue weighted by atomic mass is 10.1. The van der Waals surface area contributed by atoms with Crippen molar-refractivity contribution < 1.29 is 37.5 Å². The Morgan fingerprint density at radius 1 is 1.19 bits per heavy atom. The van der Waals surface area contributed by atoms with Gasteiger partial charge in [-0.2, -0.15) is 0 Å². The smallest absolute Gasteiger partial charge is 0.337 e. The third kappa shape index (κ3) is 5.54. The Kier molecular flexibility index (Phi) is 7.65. The van der Waals surface area contributed by atoms with Crippen molar-refractivity contribution in [1.82, 2.24) is 0 Å². The molecule has 0 saturated carbocycles. The maximum absolute atomic E-state index is 12.9. The van der Waals surface area contributed by atoms with Gasteiger partial charge in [0.05, 0.1) is 39.8 Å². The fraction of sp³-hybridized carbons (Fsp3) is 0.278. The van der Waals surface area contributed by atoms with Crippen LogP contribution in [0, 0.1) is 17.0 Å². The van der Waals surface area contributed by atoms with Gasteiger partial charge >= 0.3 is 5.97 Å².